The highest BCUT2D eigenvalue weighted by Gasteiger charge is 2.32. The van der Waals surface area contributed by atoms with Crippen molar-refractivity contribution in [1.29, 1.82) is 0 Å². The van der Waals surface area contributed by atoms with E-state index in [9.17, 15) is 4.79 Å². The Bertz CT molecular complexity index is 925. The smallest absolute Gasteiger partial charge is 0.272 e. The summed E-state index contributed by atoms with van der Waals surface area (Å²) < 4.78 is 3.31. The van der Waals surface area contributed by atoms with Crippen LogP contribution in [0.5, 0.6) is 0 Å². The minimum Gasteiger partial charge on any atom is -0.326 e. The highest BCUT2D eigenvalue weighted by atomic mass is 16.2. The Kier molecular flexibility index (Phi) is 4.42. The number of carbonyl (C=O) groups is 1. The monoisotopic (exact) mass is 370 g/mol. The van der Waals surface area contributed by atoms with Gasteiger partial charge in [-0.3, -0.25) is 9.89 Å². The molecule has 0 aromatic carbocycles. The van der Waals surface area contributed by atoms with Crippen LogP contribution in [0.25, 0.3) is 5.82 Å². The lowest BCUT2D eigenvalue weighted by atomic mass is 10.1. The van der Waals surface area contributed by atoms with Gasteiger partial charge in [0.2, 0.25) is 0 Å². The maximum atomic E-state index is 13.0. The lowest BCUT2D eigenvalue weighted by Gasteiger charge is -2.32. The maximum Gasteiger partial charge on any atom is 0.272 e. The number of H-pyrrole nitrogens is 1. The molecule has 3 aromatic heterocycles. The van der Waals surface area contributed by atoms with Crippen molar-refractivity contribution in [2.45, 2.75) is 46.2 Å². The Morgan fingerprint density at radius 1 is 1.37 bits per heavy atom. The first-order valence-electron chi connectivity index (χ1n) is 9.06. The second-order valence-corrected chi connectivity index (χ2v) is 7.11. The van der Waals surface area contributed by atoms with Crippen LogP contribution < -0.4 is 0 Å². The minimum absolute atomic E-state index is 0.132. The van der Waals surface area contributed by atoms with Crippen molar-refractivity contribution in [3.63, 3.8) is 0 Å². The van der Waals surface area contributed by atoms with Gasteiger partial charge in [-0.15, -0.1) is 5.10 Å². The zero-order valence-corrected chi connectivity index (χ0v) is 15.6. The molecular formula is C16H22N10O. The van der Waals surface area contributed by atoms with Crippen LogP contribution in [0.15, 0.2) is 12.4 Å². The molecule has 142 valence electrons. The zero-order valence-electron chi connectivity index (χ0n) is 15.6. The summed E-state index contributed by atoms with van der Waals surface area (Å²) in [4.78, 5) is 19.4. The first-order valence-corrected chi connectivity index (χ1v) is 9.06. The van der Waals surface area contributed by atoms with Crippen LogP contribution in [0, 0.1) is 5.92 Å². The minimum atomic E-state index is -0.161. The quantitative estimate of drug-likeness (QED) is 0.704. The van der Waals surface area contributed by atoms with E-state index in [2.05, 4.69) is 49.7 Å². The van der Waals surface area contributed by atoms with Gasteiger partial charge in [0, 0.05) is 19.0 Å². The van der Waals surface area contributed by atoms with Crippen LogP contribution in [-0.4, -0.2) is 62.5 Å². The number of hydrogen-bond acceptors (Lipinski definition) is 7. The van der Waals surface area contributed by atoms with Crippen molar-refractivity contribution in [2.75, 3.05) is 6.54 Å². The van der Waals surface area contributed by atoms with Crippen LogP contribution in [0.2, 0.25) is 0 Å². The van der Waals surface area contributed by atoms with Gasteiger partial charge in [0.15, 0.2) is 11.6 Å². The maximum absolute atomic E-state index is 13.0. The van der Waals surface area contributed by atoms with E-state index >= 15 is 0 Å². The van der Waals surface area contributed by atoms with Gasteiger partial charge < -0.3 is 4.90 Å². The fourth-order valence-corrected chi connectivity index (χ4v) is 3.17. The molecule has 4 rings (SSSR count). The fourth-order valence-electron chi connectivity index (χ4n) is 3.17. The van der Waals surface area contributed by atoms with Crippen LogP contribution in [0.4, 0.5) is 0 Å². The number of aryl methyl sites for hydroxylation is 1. The van der Waals surface area contributed by atoms with E-state index in [0.717, 1.165) is 24.5 Å². The number of tetrazole rings is 1. The highest BCUT2D eigenvalue weighted by Crippen LogP contribution is 2.25. The number of amides is 1. The molecule has 0 radical (unpaired) electrons. The summed E-state index contributed by atoms with van der Waals surface area (Å²) in [6.07, 6.45) is 3.33. The van der Waals surface area contributed by atoms with Crippen LogP contribution >= 0.6 is 0 Å². The molecule has 0 spiro atoms. The molecule has 0 saturated heterocycles. The predicted molar refractivity (Wildman–Crippen MR) is 93.9 cm³/mol. The molecule has 3 aromatic rings. The molecule has 4 heterocycles. The second kappa shape index (κ2) is 6.89. The molecule has 11 heteroatoms. The number of nitrogens with one attached hydrogen (secondary N) is 1. The molecule has 27 heavy (non-hydrogen) atoms. The predicted octanol–water partition coefficient (Wildman–Crippen LogP) is 0.782. The molecule has 0 saturated carbocycles. The third-order valence-electron chi connectivity index (χ3n) is 4.72. The van der Waals surface area contributed by atoms with Gasteiger partial charge >= 0.3 is 0 Å². The number of aromatic amines is 1. The van der Waals surface area contributed by atoms with Crippen molar-refractivity contribution in [3.8, 4) is 5.82 Å². The van der Waals surface area contributed by atoms with E-state index in [4.69, 9.17) is 0 Å². The largest absolute Gasteiger partial charge is 0.326 e. The normalized spacial score (nSPS) is 16.7. The van der Waals surface area contributed by atoms with Gasteiger partial charge in [0.25, 0.3) is 5.91 Å². The van der Waals surface area contributed by atoms with Crippen molar-refractivity contribution in [2.24, 2.45) is 5.92 Å². The van der Waals surface area contributed by atoms with Crippen LogP contribution in [0.3, 0.4) is 0 Å². The van der Waals surface area contributed by atoms with E-state index in [1.165, 1.54) is 11.0 Å². The highest BCUT2D eigenvalue weighted by molar-refractivity contribution is 5.93. The molecule has 1 aliphatic rings. The topological polar surface area (TPSA) is 123 Å². The summed E-state index contributed by atoms with van der Waals surface area (Å²) in [5, 5.41) is 22.4. The molecule has 11 nitrogen and oxygen atoms in total. The molecule has 0 fully saturated rings. The fraction of sp³-hybridized carbons (Fsp3) is 0.562. The summed E-state index contributed by atoms with van der Waals surface area (Å²) in [6, 6.07) is 1.48. The van der Waals surface area contributed by atoms with E-state index in [1.807, 2.05) is 11.6 Å². The Labute approximate surface area is 155 Å². The van der Waals surface area contributed by atoms with Crippen molar-refractivity contribution < 1.29 is 4.79 Å². The van der Waals surface area contributed by atoms with Crippen LogP contribution in [-0.2, 0) is 13.0 Å². The Morgan fingerprint density at radius 2 is 2.22 bits per heavy atom. The molecule has 0 bridgehead atoms. The van der Waals surface area contributed by atoms with Crippen molar-refractivity contribution in [3.05, 3.63) is 29.7 Å². The standard InChI is InChI=1S/C16H22N10O/c1-10(2)4-5-13-18-15-11(3)24(6-7-25(15)21-13)16(27)12-8-14(20-19-12)26-9-17-22-23-26/h8-11H,4-7H2,1-3H3,(H,19,20)/t11-/m1/s1. The number of rotatable bonds is 5. The van der Waals surface area contributed by atoms with E-state index < -0.39 is 0 Å². The molecular weight excluding hydrogens is 348 g/mol. The Balaban J connectivity index is 1.51. The van der Waals surface area contributed by atoms with Gasteiger partial charge in [-0.25, -0.2) is 9.67 Å². The second-order valence-electron chi connectivity index (χ2n) is 7.11. The third-order valence-corrected chi connectivity index (χ3v) is 4.72. The van der Waals surface area contributed by atoms with Gasteiger partial charge in [0.05, 0.1) is 12.6 Å². The average Bonchev–Trinajstić information content (AvgIpc) is 3.38. The lowest BCUT2D eigenvalue weighted by molar-refractivity contribution is 0.0624. The summed E-state index contributed by atoms with van der Waals surface area (Å²) in [7, 11) is 0. The van der Waals surface area contributed by atoms with Gasteiger partial charge in [-0.1, -0.05) is 13.8 Å². The molecule has 1 amide bonds. The third kappa shape index (κ3) is 3.32. The van der Waals surface area contributed by atoms with E-state index in [-0.39, 0.29) is 11.9 Å². The number of nitrogens with zero attached hydrogens (tertiary/aromatic N) is 9. The first-order chi connectivity index (χ1) is 13.0. The van der Waals surface area contributed by atoms with Gasteiger partial charge in [-0.05, 0) is 29.7 Å². The molecule has 1 aliphatic heterocycles. The van der Waals surface area contributed by atoms with Crippen LogP contribution in [0.1, 0.15) is 55.4 Å². The number of fused-ring (bicyclic) bond motifs is 1. The molecule has 1 N–H and O–H groups in total. The number of aromatic nitrogens is 9. The zero-order chi connectivity index (χ0) is 19.0. The Hall–Kier alpha value is -3.11. The van der Waals surface area contributed by atoms with E-state index in [1.54, 1.807) is 11.0 Å². The summed E-state index contributed by atoms with van der Waals surface area (Å²) >= 11 is 0. The van der Waals surface area contributed by atoms with Crippen molar-refractivity contribution in [1.82, 2.24) is 50.1 Å². The van der Waals surface area contributed by atoms with Crippen molar-refractivity contribution >= 4 is 5.91 Å². The van der Waals surface area contributed by atoms with E-state index in [0.29, 0.717) is 30.5 Å². The summed E-state index contributed by atoms with van der Waals surface area (Å²) in [6.45, 7) is 7.55. The average molecular weight is 370 g/mol. The van der Waals surface area contributed by atoms with Gasteiger partial charge in [0.1, 0.15) is 17.8 Å². The number of carbonyl (C=O) groups excluding carboxylic acids is 1. The SMILES string of the molecule is CC(C)CCc1nc2n(n1)CCN(C(=O)c1cc(-n3cnnn3)n[nH]1)[C@@H]2C. The Morgan fingerprint density at radius 3 is 2.96 bits per heavy atom. The lowest BCUT2D eigenvalue weighted by Crippen LogP contribution is -2.41. The summed E-state index contributed by atoms with van der Waals surface area (Å²) in [5.74, 6) is 2.62. The number of hydrogen-bond donors (Lipinski definition) is 1. The molecule has 0 aliphatic carbocycles. The molecule has 1 atom stereocenters. The first kappa shape index (κ1) is 17.3. The molecule has 0 unspecified atom stereocenters. The summed E-state index contributed by atoms with van der Waals surface area (Å²) in [5.41, 5.74) is 0.389. The van der Waals surface area contributed by atoms with Gasteiger partial charge in [-0.2, -0.15) is 14.9 Å².